The second kappa shape index (κ2) is 4.99. The zero-order chi connectivity index (χ0) is 13.2. The summed E-state index contributed by atoms with van der Waals surface area (Å²) in [4.78, 5) is 26.0. The summed E-state index contributed by atoms with van der Waals surface area (Å²) >= 11 is 0. The van der Waals surface area contributed by atoms with Crippen molar-refractivity contribution >= 4 is 11.9 Å². The van der Waals surface area contributed by atoms with Crippen LogP contribution in [0.2, 0.25) is 0 Å². The fourth-order valence-corrected chi connectivity index (χ4v) is 2.96. The lowest BCUT2D eigenvalue weighted by molar-refractivity contribution is -0.152. The maximum atomic E-state index is 12.2. The summed E-state index contributed by atoms with van der Waals surface area (Å²) in [5.41, 5.74) is -0.948. The molecule has 0 aromatic carbocycles. The third-order valence-electron chi connectivity index (χ3n) is 3.72. The molecule has 2 atom stereocenters. The molecule has 0 radical (unpaired) electrons. The molecule has 0 aromatic rings. The Morgan fingerprint density at radius 1 is 1.72 bits per heavy atom. The van der Waals surface area contributed by atoms with Gasteiger partial charge in [-0.05, 0) is 19.8 Å². The fraction of sp³-hybridized carbons (Fsp3) is 0.692. The number of carbonyl (C=O) groups is 2. The molecule has 5 heteroatoms. The molecule has 2 rings (SSSR count). The third-order valence-corrected chi connectivity index (χ3v) is 3.72. The Hall–Kier alpha value is -1.54. The molecule has 1 amide bonds. The highest BCUT2D eigenvalue weighted by Gasteiger charge is 2.58. The molecule has 1 N–H and O–H groups in total. The van der Waals surface area contributed by atoms with Gasteiger partial charge in [0, 0.05) is 6.54 Å². The van der Waals surface area contributed by atoms with E-state index in [0.717, 1.165) is 19.4 Å². The first kappa shape index (κ1) is 12.9. The second-order valence-electron chi connectivity index (χ2n) is 4.67. The number of nitrogens with one attached hydrogen (secondary N) is 1. The van der Waals surface area contributed by atoms with E-state index in [2.05, 4.69) is 11.2 Å². The van der Waals surface area contributed by atoms with Crippen LogP contribution >= 0.6 is 0 Å². The van der Waals surface area contributed by atoms with Gasteiger partial charge in [-0.15, -0.1) is 6.42 Å². The average Bonchev–Trinajstić information content (AvgIpc) is 2.91. The van der Waals surface area contributed by atoms with Crippen LogP contribution in [0.4, 0.5) is 0 Å². The first-order valence-electron chi connectivity index (χ1n) is 6.31. The van der Waals surface area contributed by atoms with Gasteiger partial charge >= 0.3 is 5.97 Å². The number of esters is 1. The predicted molar refractivity (Wildman–Crippen MR) is 65.6 cm³/mol. The van der Waals surface area contributed by atoms with E-state index in [4.69, 9.17) is 11.2 Å². The van der Waals surface area contributed by atoms with Gasteiger partial charge in [-0.1, -0.05) is 5.92 Å². The van der Waals surface area contributed by atoms with Gasteiger partial charge in [-0.2, -0.15) is 0 Å². The molecule has 2 aliphatic rings. The minimum atomic E-state index is -0.948. The van der Waals surface area contributed by atoms with Gasteiger partial charge in [-0.25, -0.2) is 4.79 Å². The van der Waals surface area contributed by atoms with Gasteiger partial charge < -0.3 is 9.64 Å². The minimum absolute atomic E-state index is 0.00933. The van der Waals surface area contributed by atoms with E-state index in [1.165, 1.54) is 0 Å². The molecule has 98 valence electrons. The molecule has 2 aliphatic heterocycles. The lowest BCUT2D eigenvalue weighted by atomic mass is 9.88. The molecule has 2 fully saturated rings. The smallest absolute Gasteiger partial charge is 0.329 e. The van der Waals surface area contributed by atoms with Gasteiger partial charge in [0.05, 0.1) is 25.6 Å². The molecular formula is C13H18N2O3. The molecule has 5 nitrogen and oxygen atoms in total. The van der Waals surface area contributed by atoms with Crippen molar-refractivity contribution in [2.75, 3.05) is 19.7 Å². The topological polar surface area (TPSA) is 58.6 Å². The van der Waals surface area contributed by atoms with Crippen molar-refractivity contribution in [1.82, 2.24) is 10.2 Å². The molecule has 18 heavy (non-hydrogen) atoms. The van der Waals surface area contributed by atoms with Crippen LogP contribution in [0.1, 0.15) is 26.2 Å². The summed E-state index contributed by atoms with van der Waals surface area (Å²) in [6, 6.07) is -0.114. The number of rotatable bonds is 4. The van der Waals surface area contributed by atoms with Crippen LogP contribution in [0.25, 0.3) is 0 Å². The molecular weight excluding hydrogens is 232 g/mol. The third kappa shape index (κ3) is 1.87. The zero-order valence-corrected chi connectivity index (χ0v) is 10.6. The SMILES string of the molecule is C#CCNC1(C(=O)OCC)CC(=O)N2CCCC21. The van der Waals surface area contributed by atoms with Crippen molar-refractivity contribution in [1.29, 1.82) is 0 Å². The lowest BCUT2D eigenvalue weighted by Crippen LogP contribution is -2.59. The summed E-state index contributed by atoms with van der Waals surface area (Å²) < 4.78 is 5.13. The quantitative estimate of drug-likeness (QED) is 0.559. The number of ether oxygens (including phenoxy) is 1. The Morgan fingerprint density at radius 3 is 3.17 bits per heavy atom. The summed E-state index contributed by atoms with van der Waals surface area (Å²) in [6.45, 7) is 3.05. The summed E-state index contributed by atoms with van der Waals surface area (Å²) in [5, 5.41) is 3.06. The Labute approximate surface area is 107 Å². The number of hydrogen-bond acceptors (Lipinski definition) is 4. The van der Waals surface area contributed by atoms with Crippen molar-refractivity contribution in [3.63, 3.8) is 0 Å². The molecule has 0 saturated carbocycles. The molecule has 0 spiro atoms. The number of carbonyl (C=O) groups excluding carboxylic acids is 2. The van der Waals surface area contributed by atoms with E-state index in [1.807, 2.05) is 0 Å². The van der Waals surface area contributed by atoms with E-state index in [1.54, 1.807) is 11.8 Å². The maximum absolute atomic E-state index is 12.2. The van der Waals surface area contributed by atoms with Crippen molar-refractivity contribution in [2.24, 2.45) is 0 Å². The van der Waals surface area contributed by atoms with Gasteiger partial charge in [-0.3, -0.25) is 10.1 Å². The van der Waals surface area contributed by atoms with Crippen molar-refractivity contribution in [2.45, 2.75) is 37.8 Å². The van der Waals surface area contributed by atoms with Crippen LogP contribution in [-0.4, -0.2) is 48.1 Å². The summed E-state index contributed by atoms with van der Waals surface area (Å²) in [6.07, 6.45) is 7.15. The van der Waals surface area contributed by atoms with Crippen molar-refractivity contribution < 1.29 is 14.3 Å². The number of nitrogens with zero attached hydrogens (tertiary/aromatic N) is 1. The van der Waals surface area contributed by atoms with E-state index >= 15 is 0 Å². The van der Waals surface area contributed by atoms with Crippen LogP contribution in [0.5, 0.6) is 0 Å². The Kier molecular flexibility index (Phi) is 3.58. The average molecular weight is 250 g/mol. The number of fused-ring (bicyclic) bond motifs is 1. The van der Waals surface area contributed by atoms with Crippen LogP contribution in [0, 0.1) is 12.3 Å². The largest absolute Gasteiger partial charge is 0.465 e. The molecule has 2 unspecified atom stereocenters. The van der Waals surface area contributed by atoms with Crippen LogP contribution in [0.15, 0.2) is 0 Å². The van der Waals surface area contributed by atoms with Crippen LogP contribution in [-0.2, 0) is 14.3 Å². The monoisotopic (exact) mass is 250 g/mol. The number of amides is 1. The Morgan fingerprint density at radius 2 is 2.50 bits per heavy atom. The molecule has 0 bridgehead atoms. The molecule has 0 aromatic heterocycles. The fourth-order valence-electron chi connectivity index (χ4n) is 2.96. The number of hydrogen-bond donors (Lipinski definition) is 1. The lowest BCUT2D eigenvalue weighted by Gasteiger charge is -2.32. The van der Waals surface area contributed by atoms with Crippen molar-refractivity contribution in [3.8, 4) is 12.3 Å². The van der Waals surface area contributed by atoms with Crippen molar-refractivity contribution in [3.05, 3.63) is 0 Å². The van der Waals surface area contributed by atoms with E-state index in [-0.39, 0.29) is 30.9 Å². The normalized spacial score (nSPS) is 30.1. The molecule has 0 aliphatic carbocycles. The Bertz CT molecular complexity index is 402. The molecule has 2 heterocycles. The van der Waals surface area contributed by atoms with Gasteiger partial charge in [0.1, 0.15) is 5.54 Å². The van der Waals surface area contributed by atoms with E-state index in [9.17, 15) is 9.59 Å². The number of terminal acetylenes is 1. The maximum Gasteiger partial charge on any atom is 0.329 e. The van der Waals surface area contributed by atoms with Crippen LogP contribution in [0.3, 0.4) is 0 Å². The second-order valence-corrected chi connectivity index (χ2v) is 4.67. The van der Waals surface area contributed by atoms with Gasteiger partial charge in [0.2, 0.25) is 5.91 Å². The summed E-state index contributed by atoms with van der Waals surface area (Å²) in [5.74, 6) is 2.11. The first-order valence-corrected chi connectivity index (χ1v) is 6.31. The molecule has 2 saturated heterocycles. The highest BCUT2D eigenvalue weighted by Crippen LogP contribution is 2.37. The van der Waals surface area contributed by atoms with Gasteiger partial charge in [0.15, 0.2) is 0 Å². The first-order chi connectivity index (χ1) is 8.65. The van der Waals surface area contributed by atoms with Gasteiger partial charge in [0.25, 0.3) is 0 Å². The van der Waals surface area contributed by atoms with Crippen LogP contribution < -0.4 is 5.32 Å². The standard InChI is InChI=1S/C13H18N2O3/c1-3-7-14-13(12(17)18-4-2)9-11(16)15-8-5-6-10(13)15/h1,10,14H,4-9H2,2H3. The zero-order valence-electron chi connectivity index (χ0n) is 10.6. The predicted octanol–water partition coefficient (Wildman–Crippen LogP) is -0.0942. The minimum Gasteiger partial charge on any atom is -0.465 e. The summed E-state index contributed by atoms with van der Waals surface area (Å²) in [7, 11) is 0. The van der Waals surface area contributed by atoms with E-state index < -0.39 is 5.54 Å². The highest BCUT2D eigenvalue weighted by atomic mass is 16.5. The highest BCUT2D eigenvalue weighted by molar-refractivity contribution is 5.94. The van der Waals surface area contributed by atoms with E-state index in [0.29, 0.717) is 6.61 Å². The Balaban J connectivity index is 2.27.